The average Bonchev–Trinajstić information content (AvgIpc) is 3.56. The molecule has 0 aliphatic rings. The first kappa shape index (κ1) is 25.5. The minimum Gasteiger partial charge on any atom is -0.468 e. The van der Waals surface area contributed by atoms with Gasteiger partial charge >= 0.3 is 0 Å². The summed E-state index contributed by atoms with van der Waals surface area (Å²) in [6.07, 6.45) is 2.26. The number of aromatic amines is 1. The minimum absolute atomic E-state index is 0.207. The van der Waals surface area contributed by atoms with E-state index in [1.165, 1.54) is 12.1 Å². The Labute approximate surface area is 220 Å². The maximum absolute atomic E-state index is 13.6. The van der Waals surface area contributed by atoms with Crippen LogP contribution in [0.3, 0.4) is 0 Å². The second kappa shape index (κ2) is 10.3. The number of nitrogens with one attached hydrogen (secondary N) is 1. The standard InChI is InChI=1S/C29H31FN6O2/c1-19-7-12-25-21(16-19)17-24(28(37)31-25)26(27-32-33-34-36(27)29(2,3)4)35(18-23-6-5-15-38-23)14-13-20-8-10-22(30)11-9-20/h5-12,15-17,26H,13-14,18H2,1-4H3,(H,31,37)/t26-/m1/s1. The molecule has 0 radical (unpaired) electrons. The van der Waals surface area contributed by atoms with Crippen LogP contribution in [0.4, 0.5) is 4.39 Å². The topological polar surface area (TPSA) is 92.8 Å². The van der Waals surface area contributed by atoms with Crippen LogP contribution in [0.25, 0.3) is 10.9 Å². The fourth-order valence-corrected chi connectivity index (χ4v) is 4.71. The van der Waals surface area contributed by atoms with Crippen LogP contribution in [0.15, 0.2) is 76.1 Å². The average molecular weight is 515 g/mol. The van der Waals surface area contributed by atoms with Crippen molar-refractivity contribution in [2.45, 2.75) is 52.2 Å². The summed E-state index contributed by atoms with van der Waals surface area (Å²) in [5.41, 5.74) is 2.74. The summed E-state index contributed by atoms with van der Waals surface area (Å²) in [6.45, 7) is 9.04. The Hall–Kier alpha value is -4.11. The highest BCUT2D eigenvalue weighted by atomic mass is 19.1. The smallest absolute Gasteiger partial charge is 0.253 e. The Morgan fingerprint density at radius 3 is 2.61 bits per heavy atom. The van der Waals surface area contributed by atoms with E-state index < -0.39 is 11.6 Å². The Kier molecular flexibility index (Phi) is 6.94. The number of benzene rings is 2. The van der Waals surface area contributed by atoms with Gasteiger partial charge in [-0.15, -0.1) is 5.10 Å². The lowest BCUT2D eigenvalue weighted by Crippen LogP contribution is -2.38. The first-order valence-corrected chi connectivity index (χ1v) is 12.6. The van der Waals surface area contributed by atoms with Crippen LogP contribution in [-0.2, 0) is 18.5 Å². The number of hydrogen-bond acceptors (Lipinski definition) is 6. The Morgan fingerprint density at radius 2 is 1.89 bits per heavy atom. The lowest BCUT2D eigenvalue weighted by Gasteiger charge is -2.32. The summed E-state index contributed by atoms with van der Waals surface area (Å²) in [5.74, 6) is 1.03. The molecule has 0 saturated carbocycles. The van der Waals surface area contributed by atoms with Crippen molar-refractivity contribution in [3.05, 3.63) is 111 Å². The van der Waals surface area contributed by atoms with Gasteiger partial charge in [0.2, 0.25) is 0 Å². The van der Waals surface area contributed by atoms with E-state index in [0.29, 0.717) is 30.9 Å². The van der Waals surface area contributed by atoms with Gasteiger partial charge in [0.1, 0.15) is 17.6 Å². The number of rotatable bonds is 8. The monoisotopic (exact) mass is 514 g/mol. The van der Waals surface area contributed by atoms with Crippen molar-refractivity contribution in [3.63, 3.8) is 0 Å². The maximum atomic E-state index is 13.6. The molecule has 5 aromatic rings. The van der Waals surface area contributed by atoms with Crippen LogP contribution in [0, 0.1) is 12.7 Å². The first-order valence-electron chi connectivity index (χ1n) is 12.6. The van der Waals surface area contributed by atoms with Crippen LogP contribution in [0.2, 0.25) is 0 Å². The van der Waals surface area contributed by atoms with Gasteiger partial charge in [0.05, 0.1) is 18.3 Å². The maximum Gasteiger partial charge on any atom is 0.253 e. The molecule has 0 aliphatic carbocycles. The van der Waals surface area contributed by atoms with Crippen molar-refractivity contribution in [1.29, 1.82) is 0 Å². The fourth-order valence-electron chi connectivity index (χ4n) is 4.71. The van der Waals surface area contributed by atoms with E-state index >= 15 is 0 Å². The van der Waals surface area contributed by atoms with Crippen molar-refractivity contribution in [2.75, 3.05) is 6.54 Å². The van der Waals surface area contributed by atoms with Crippen LogP contribution in [-0.4, -0.2) is 36.6 Å². The van der Waals surface area contributed by atoms with Gasteiger partial charge in [0, 0.05) is 17.6 Å². The Bertz CT molecular complexity index is 1580. The van der Waals surface area contributed by atoms with Crippen molar-refractivity contribution in [2.24, 2.45) is 0 Å². The fraction of sp³-hybridized carbons (Fsp3) is 0.310. The van der Waals surface area contributed by atoms with E-state index in [4.69, 9.17) is 4.42 Å². The molecule has 0 bridgehead atoms. The molecule has 5 rings (SSSR count). The van der Waals surface area contributed by atoms with Gasteiger partial charge in [-0.1, -0.05) is 23.8 Å². The molecule has 1 atom stereocenters. The van der Waals surface area contributed by atoms with Gasteiger partial charge in [-0.05, 0) is 98.0 Å². The summed E-state index contributed by atoms with van der Waals surface area (Å²) in [6, 6.07) is 17.5. The van der Waals surface area contributed by atoms with E-state index in [1.807, 2.05) is 64.1 Å². The number of aryl methyl sites for hydroxylation is 1. The van der Waals surface area contributed by atoms with Crippen molar-refractivity contribution in [1.82, 2.24) is 30.1 Å². The summed E-state index contributed by atoms with van der Waals surface area (Å²) in [4.78, 5) is 18.8. The number of fused-ring (bicyclic) bond motifs is 1. The van der Waals surface area contributed by atoms with E-state index in [9.17, 15) is 9.18 Å². The summed E-state index contributed by atoms with van der Waals surface area (Å²) in [7, 11) is 0. The molecule has 0 spiro atoms. The molecular formula is C29H31FN6O2. The number of pyridine rings is 1. The van der Waals surface area contributed by atoms with E-state index in [0.717, 1.165) is 27.8 Å². The molecule has 38 heavy (non-hydrogen) atoms. The second-order valence-electron chi connectivity index (χ2n) is 10.6. The molecule has 0 amide bonds. The zero-order valence-electron chi connectivity index (χ0n) is 22.0. The molecule has 1 N–H and O–H groups in total. The third-order valence-electron chi connectivity index (χ3n) is 6.60. The second-order valence-corrected chi connectivity index (χ2v) is 10.6. The molecule has 9 heteroatoms. The van der Waals surface area contributed by atoms with Crippen LogP contribution < -0.4 is 5.56 Å². The minimum atomic E-state index is -0.580. The Balaban J connectivity index is 1.66. The molecule has 0 aliphatic heterocycles. The molecule has 0 saturated heterocycles. The van der Waals surface area contributed by atoms with E-state index in [1.54, 1.807) is 23.1 Å². The van der Waals surface area contributed by atoms with Gasteiger partial charge in [-0.3, -0.25) is 9.69 Å². The van der Waals surface area contributed by atoms with Crippen molar-refractivity contribution < 1.29 is 8.81 Å². The predicted molar refractivity (Wildman–Crippen MR) is 143 cm³/mol. The summed E-state index contributed by atoms with van der Waals surface area (Å²) in [5, 5.41) is 13.7. The lowest BCUT2D eigenvalue weighted by atomic mass is 10.00. The highest BCUT2D eigenvalue weighted by molar-refractivity contribution is 5.79. The highest BCUT2D eigenvalue weighted by Gasteiger charge is 2.33. The number of nitrogens with zero attached hydrogens (tertiary/aromatic N) is 5. The third kappa shape index (κ3) is 5.43. The molecule has 0 unspecified atom stereocenters. The van der Waals surface area contributed by atoms with E-state index in [2.05, 4.69) is 25.4 Å². The van der Waals surface area contributed by atoms with E-state index in [-0.39, 0.29) is 11.4 Å². The summed E-state index contributed by atoms with van der Waals surface area (Å²) < 4.78 is 21.0. The SMILES string of the molecule is Cc1ccc2[nH]c(=O)c([C@H](c3nnnn3C(C)(C)C)N(CCc3ccc(F)cc3)Cc3ccco3)cc2c1. The number of hydrogen-bond donors (Lipinski definition) is 1. The van der Waals surface area contributed by atoms with Crippen molar-refractivity contribution >= 4 is 10.9 Å². The normalized spacial score (nSPS) is 12.9. The van der Waals surface area contributed by atoms with Crippen molar-refractivity contribution in [3.8, 4) is 0 Å². The lowest BCUT2D eigenvalue weighted by molar-refractivity contribution is 0.181. The van der Waals surface area contributed by atoms with Gasteiger partial charge in [0.15, 0.2) is 5.82 Å². The van der Waals surface area contributed by atoms with Gasteiger partial charge in [-0.25, -0.2) is 9.07 Å². The van der Waals surface area contributed by atoms with Crippen LogP contribution in [0.1, 0.15) is 55.1 Å². The number of furan rings is 1. The molecular weight excluding hydrogens is 483 g/mol. The van der Waals surface area contributed by atoms with Gasteiger partial charge in [0.25, 0.3) is 5.56 Å². The van der Waals surface area contributed by atoms with Gasteiger partial charge in [-0.2, -0.15) is 0 Å². The number of aromatic nitrogens is 5. The van der Waals surface area contributed by atoms with Crippen LogP contribution >= 0.6 is 0 Å². The van der Waals surface area contributed by atoms with Gasteiger partial charge < -0.3 is 9.40 Å². The predicted octanol–water partition coefficient (Wildman–Crippen LogP) is 5.14. The third-order valence-corrected chi connectivity index (χ3v) is 6.60. The zero-order valence-corrected chi connectivity index (χ0v) is 22.0. The Morgan fingerprint density at radius 1 is 1.11 bits per heavy atom. The molecule has 0 fully saturated rings. The summed E-state index contributed by atoms with van der Waals surface area (Å²) >= 11 is 0. The molecule has 196 valence electrons. The number of tetrazole rings is 1. The number of halogens is 1. The first-order chi connectivity index (χ1) is 18.2. The number of H-pyrrole nitrogens is 1. The largest absolute Gasteiger partial charge is 0.468 e. The van der Waals surface area contributed by atoms with Crippen LogP contribution in [0.5, 0.6) is 0 Å². The molecule has 3 heterocycles. The molecule has 3 aromatic heterocycles. The zero-order chi connectivity index (χ0) is 26.9. The highest BCUT2D eigenvalue weighted by Crippen LogP contribution is 2.31. The molecule has 8 nitrogen and oxygen atoms in total. The molecule has 2 aromatic carbocycles. The quantitative estimate of drug-likeness (QED) is 0.308.